The minimum atomic E-state index is 0.0777. The third-order valence-electron chi connectivity index (χ3n) is 6.11. The number of carbonyl (C=O) groups is 2. The molecule has 4 rings (SSSR count). The van der Waals surface area contributed by atoms with Crippen molar-refractivity contribution in [2.45, 2.75) is 57.9 Å². The van der Waals surface area contributed by atoms with E-state index in [1.807, 2.05) is 23.1 Å². The highest BCUT2D eigenvalue weighted by molar-refractivity contribution is 5.98. The number of rotatable bonds is 1. The summed E-state index contributed by atoms with van der Waals surface area (Å²) >= 11 is 0. The molecule has 2 heterocycles. The Labute approximate surface area is 143 Å². The molecular weight excluding hydrogens is 300 g/mol. The van der Waals surface area contributed by atoms with Crippen molar-refractivity contribution in [1.82, 2.24) is 4.90 Å². The molecule has 0 radical (unpaired) electrons. The predicted molar refractivity (Wildman–Crippen MR) is 94.2 cm³/mol. The van der Waals surface area contributed by atoms with E-state index in [9.17, 15) is 9.59 Å². The molecule has 1 saturated heterocycles. The van der Waals surface area contributed by atoms with E-state index in [2.05, 4.69) is 4.90 Å². The van der Waals surface area contributed by atoms with Gasteiger partial charge in [0.05, 0.1) is 0 Å². The van der Waals surface area contributed by atoms with Crippen molar-refractivity contribution in [3.8, 4) is 0 Å². The lowest BCUT2D eigenvalue weighted by atomic mass is 9.78. The number of hydrogen-bond donors (Lipinski definition) is 0. The molecule has 1 aliphatic carbocycles. The molecule has 2 amide bonds. The Bertz CT molecular complexity index is 668. The van der Waals surface area contributed by atoms with E-state index in [4.69, 9.17) is 0 Å². The van der Waals surface area contributed by atoms with Gasteiger partial charge in [-0.25, -0.2) is 0 Å². The van der Waals surface area contributed by atoms with Gasteiger partial charge in [0.15, 0.2) is 0 Å². The summed E-state index contributed by atoms with van der Waals surface area (Å²) in [6.07, 6.45) is 8.29. The van der Waals surface area contributed by atoms with Gasteiger partial charge in [-0.05, 0) is 61.8 Å². The first-order valence-electron chi connectivity index (χ1n) is 9.37. The molecule has 3 aliphatic rings. The van der Waals surface area contributed by atoms with Gasteiger partial charge in [0.2, 0.25) is 5.91 Å². The summed E-state index contributed by atoms with van der Waals surface area (Å²) in [6.45, 7) is 3.23. The van der Waals surface area contributed by atoms with Crippen LogP contribution in [0.4, 0.5) is 5.69 Å². The SMILES string of the molecule is CC(=O)N1CCc2cc(C(=O)N3CCC[C@H]4CCCC[C@H]43)ccc21. The van der Waals surface area contributed by atoms with Crippen LogP contribution in [-0.4, -0.2) is 35.8 Å². The molecule has 1 saturated carbocycles. The topological polar surface area (TPSA) is 40.6 Å². The maximum Gasteiger partial charge on any atom is 0.254 e. The first-order chi connectivity index (χ1) is 11.6. The number of amides is 2. The van der Waals surface area contributed by atoms with Crippen molar-refractivity contribution in [3.63, 3.8) is 0 Å². The normalized spacial score (nSPS) is 26.0. The first kappa shape index (κ1) is 15.7. The standard InChI is InChI=1S/C20H26N2O2/c1-14(23)21-12-10-16-13-17(8-9-19(16)21)20(24)22-11-4-6-15-5-2-3-7-18(15)22/h8-9,13,15,18H,2-7,10-12H2,1H3/t15-,18-/m1/s1. The molecule has 2 atom stereocenters. The van der Waals surface area contributed by atoms with Gasteiger partial charge in [-0.1, -0.05) is 12.8 Å². The van der Waals surface area contributed by atoms with Crippen LogP contribution >= 0.6 is 0 Å². The lowest BCUT2D eigenvalue weighted by Gasteiger charge is -2.44. The molecule has 1 aromatic rings. The Kier molecular flexibility index (Phi) is 4.07. The summed E-state index contributed by atoms with van der Waals surface area (Å²) in [7, 11) is 0. The summed E-state index contributed by atoms with van der Waals surface area (Å²) in [5.41, 5.74) is 2.91. The molecule has 0 spiro atoms. The lowest BCUT2D eigenvalue weighted by molar-refractivity contribution is -0.116. The molecule has 2 fully saturated rings. The van der Waals surface area contributed by atoms with Crippen LogP contribution < -0.4 is 4.90 Å². The molecule has 24 heavy (non-hydrogen) atoms. The average Bonchev–Trinajstić information content (AvgIpc) is 3.04. The molecule has 0 N–H and O–H groups in total. The third-order valence-corrected chi connectivity index (χ3v) is 6.11. The van der Waals surface area contributed by atoms with Crippen LogP contribution in [0.15, 0.2) is 18.2 Å². The minimum absolute atomic E-state index is 0.0777. The zero-order valence-corrected chi connectivity index (χ0v) is 14.5. The van der Waals surface area contributed by atoms with Gasteiger partial charge in [-0.2, -0.15) is 0 Å². The summed E-state index contributed by atoms with van der Waals surface area (Å²) < 4.78 is 0. The fourth-order valence-electron chi connectivity index (χ4n) is 4.90. The number of fused-ring (bicyclic) bond motifs is 2. The van der Waals surface area contributed by atoms with Crippen LogP contribution in [0.25, 0.3) is 0 Å². The number of hydrogen-bond acceptors (Lipinski definition) is 2. The zero-order valence-electron chi connectivity index (χ0n) is 14.5. The third kappa shape index (κ3) is 2.62. The fourth-order valence-corrected chi connectivity index (χ4v) is 4.90. The summed E-state index contributed by atoms with van der Waals surface area (Å²) in [5, 5.41) is 0. The van der Waals surface area contributed by atoms with Crippen molar-refractivity contribution in [2.24, 2.45) is 5.92 Å². The first-order valence-corrected chi connectivity index (χ1v) is 9.37. The van der Waals surface area contributed by atoms with Crippen LogP contribution in [0.1, 0.15) is 61.4 Å². The highest BCUT2D eigenvalue weighted by Crippen LogP contribution is 2.36. The Morgan fingerprint density at radius 2 is 1.83 bits per heavy atom. The molecular formula is C20H26N2O2. The highest BCUT2D eigenvalue weighted by atomic mass is 16.2. The molecule has 4 heteroatoms. The molecule has 0 aromatic heterocycles. The van der Waals surface area contributed by atoms with Crippen molar-refractivity contribution in [2.75, 3.05) is 18.0 Å². The van der Waals surface area contributed by atoms with E-state index in [1.54, 1.807) is 6.92 Å². The maximum atomic E-state index is 13.1. The Hall–Kier alpha value is -1.84. The number of piperidine rings is 1. The molecule has 0 bridgehead atoms. The summed E-state index contributed by atoms with van der Waals surface area (Å²) in [6, 6.07) is 6.34. The summed E-state index contributed by atoms with van der Waals surface area (Å²) in [5.74, 6) is 0.976. The number of benzene rings is 1. The van der Waals surface area contributed by atoms with Gasteiger partial charge >= 0.3 is 0 Å². The number of carbonyl (C=O) groups excluding carboxylic acids is 2. The van der Waals surface area contributed by atoms with E-state index < -0.39 is 0 Å². The van der Waals surface area contributed by atoms with Gasteiger partial charge in [0.1, 0.15) is 0 Å². The minimum Gasteiger partial charge on any atom is -0.335 e. The number of anilines is 1. The second-order valence-electron chi connectivity index (χ2n) is 7.52. The van der Waals surface area contributed by atoms with E-state index in [0.717, 1.165) is 42.7 Å². The van der Waals surface area contributed by atoms with Crippen molar-refractivity contribution in [1.29, 1.82) is 0 Å². The van der Waals surface area contributed by atoms with Crippen LogP contribution in [-0.2, 0) is 11.2 Å². The monoisotopic (exact) mass is 326 g/mol. The average molecular weight is 326 g/mol. The predicted octanol–water partition coefficient (Wildman–Crippen LogP) is 3.39. The van der Waals surface area contributed by atoms with Gasteiger partial charge in [0.25, 0.3) is 5.91 Å². The zero-order chi connectivity index (χ0) is 16.7. The second-order valence-corrected chi connectivity index (χ2v) is 7.52. The second kappa shape index (κ2) is 6.23. The molecule has 2 aliphatic heterocycles. The highest BCUT2D eigenvalue weighted by Gasteiger charge is 2.36. The van der Waals surface area contributed by atoms with Crippen LogP contribution in [0, 0.1) is 5.92 Å². The van der Waals surface area contributed by atoms with Crippen LogP contribution in [0.5, 0.6) is 0 Å². The number of nitrogens with zero attached hydrogens (tertiary/aromatic N) is 2. The Balaban J connectivity index is 1.57. The van der Waals surface area contributed by atoms with E-state index in [1.165, 1.54) is 32.1 Å². The maximum absolute atomic E-state index is 13.1. The van der Waals surface area contributed by atoms with Crippen molar-refractivity contribution >= 4 is 17.5 Å². The van der Waals surface area contributed by atoms with Gasteiger partial charge < -0.3 is 9.80 Å². The van der Waals surface area contributed by atoms with Crippen molar-refractivity contribution in [3.05, 3.63) is 29.3 Å². The molecule has 1 aromatic carbocycles. The lowest BCUT2D eigenvalue weighted by Crippen LogP contribution is -2.49. The Morgan fingerprint density at radius 1 is 1.04 bits per heavy atom. The summed E-state index contributed by atoms with van der Waals surface area (Å²) in [4.78, 5) is 28.8. The molecule has 0 unspecified atom stereocenters. The number of likely N-dealkylation sites (tertiary alicyclic amines) is 1. The van der Waals surface area contributed by atoms with E-state index in [-0.39, 0.29) is 11.8 Å². The van der Waals surface area contributed by atoms with E-state index in [0.29, 0.717) is 12.0 Å². The van der Waals surface area contributed by atoms with Gasteiger partial charge in [-0.3, -0.25) is 9.59 Å². The smallest absolute Gasteiger partial charge is 0.254 e. The molecule has 128 valence electrons. The van der Waals surface area contributed by atoms with Crippen molar-refractivity contribution < 1.29 is 9.59 Å². The Morgan fingerprint density at radius 3 is 2.67 bits per heavy atom. The van der Waals surface area contributed by atoms with E-state index >= 15 is 0 Å². The van der Waals surface area contributed by atoms with Crippen LogP contribution in [0.3, 0.4) is 0 Å². The van der Waals surface area contributed by atoms with Gasteiger partial charge in [0, 0.05) is 37.3 Å². The van der Waals surface area contributed by atoms with Crippen LogP contribution in [0.2, 0.25) is 0 Å². The quantitative estimate of drug-likeness (QED) is 0.794. The largest absolute Gasteiger partial charge is 0.335 e. The van der Waals surface area contributed by atoms with Gasteiger partial charge in [-0.15, -0.1) is 0 Å². The fraction of sp³-hybridized carbons (Fsp3) is 0.600. The molecule has 4 nitrogen and oxygen atoms in total.